The minimum Gasteiger partial charge on any atom is -0.478 e. The quantitative estimate of drug-likeness (QED) is 0.752. The fourth-order valence-corrected chi connectivity index (χ4v) is 5.35. The number of carbonyl (C=O) groups is 1. The molecule has 0 radical (unpaired) electrons. The Morgan fingerprint density at radius 2 is 2.06 bits per heavy atom. The Morgan fingerprint density at radius 1 is 1.35 bits per heavy atom. The lowest BCUT2D eigenvalue weighted by Crippen LogP contribution is -2.44. The molecule has 3 aliphatic carbocycles. The van der Waals surface area contributed by atoms with Crippen molar-refractivity contribution in [2.45, 2.75) is 52.9 Å². The van der Waals surface area contributed by atoms with Crippen LogP contribution in [0.25, 0.3) is 0 Å². The van der Waals surface area contributed by atoms with Crippen LogP contribution < -0.4 is 0 Å². The van der Waals surface area contributed by atoms with Crippen LogP contribution in [0.1, 0.15) is 52.9 Å². The van der Waals surface area contributed by atoms with Crippen molar-refractivity contribution in [1.82, 2.24) is 0 Å². The summed E-state index contributed by atoms with van der Waals surface area (Å²) in [7, 11) is 0. The average Bonchev–Trinajstić information content (AvgIpc) is 2.65. The second-order valence-electron chi connectivity index (χ2n) is 6.83. The van der Waals surface area contributed by atoms with Gasteiger partial charge in [0.15, 0.2) is 0 Å². The first-order valence-corrected chi connectivity index (χ1v) is 6.87. The van der Waals surface area contributed by atoms with Crippen molar-refractivity contribution in [3.63, 3.8) is 0 Å². The molecule has 0 amide bonds. The van der Waals surface area contributed by atoms with Gasteiger partial charge in [0.1, 0.15) is 0 Å². The van der Waals surface area contributed by atoms with Crippen LogP contribution >= 0.6 is 0 Å². The predicted molar refractivity (Wildman–Crippen MR) is 66.6 cm³/mol. The second-order valence-corrected chi connectivity index (χ2v) is 6.83. The third-order valence-corrected chi connectivity index (χ3v) is 6.34. The van der Waals surface area contributed by atoms with Gasteiger partial charge in [0, 0.05) is 11.0 Å². The predicted octanol–water partition coefficient (Wildman–Crippen LogP) is 3.62. The second kappa shape index (κ2) is 3.15. The van der Waals surface area contributed by atoms with Crippen molar-refractivity contribution < 1.29 is 9.90 Å². The summed E-state index contributed by atoms with van der Waals surface area (Å²) in [5.74, 6) is 0.707. The van der Waals surface area contributed by atoms with Crippen LogP contribution in [0.15, 0.2) is 11.1 Å². The molecule has 0 heterocycles. The van der Waals surface area contributed by atoms with E-state index in [1.807, 2.05) is 0 Å². The van der Waals surface area contributed by atoms with Gasteiger partial charge < -0.3 is 5.11 Å². The molecule has 2 bridgehead atoms. The van der Waals surface area contributed by atoms with Crippen LogP contribution in [0, 0.1) is 22.7 Å². The van der Waals surface area contributed by atoms with Crippen molar-refractivity contribution in [1.29, 1.82) is 0 Å². The van der Waals surface area contributed by atoms with E-state index in [0.29, 0.717) is 17.3 Å². The molecule has 3 atom stereocenters. The fourth-order valence-electron chi connectivity index (χ4n) is 5.35. The highest BCUT2D eigenvalue weighted by Crippen LogP contribution is 2.72. The Balaban J connectivity index is 2.20. The number of hydrogen-bond donors (Lipinski definition) is 1. The van der Waals surface area contributed by atoms with Crippen LogP contribution in [0.3, 0.4) is 0 Å². The molecule has 2 fully saturated rings. The number of fused-ring (bicyclic) bond motifs is 1. The van der Waals surface area contributed by atoms with E-state index >= 15 is 0 Å². The van der Waals surface area contributed by atoms with E-state index in [1.54, 1.807) is 0 Å². The first kappa shape index (κ1) is 11.3. The van der Waals surface area contributed by atoms with Gasteiger partial charge in [-0.05, 0) is 49.4 Å². The van der Waals surface area contributed by atoms with Gasteiger partial charge in [-0.3, -0.25) is 0 Å². The summed E-state index contributed by atoms with van der Waals surface area (Å²) < 4.78 is 0. The molecule has 3 aliphatic rings. The Hall–Kier alpha value is -0.790. The number of allylic oxidation sites excluding steroid dienone is 1. The first-order chi connectivity index (χ1) is 7.91. The maximum Gasteiger partial charge on any atom is 0.331 e. The topological polar surface area (TPSA) is 37.3 Å². The molecule has 2 heteroatoms. The average molecular weight is 234 g/mol. The number of carboxylic acids is 1. The number of hydrogen-bond acceptors (Lipinski definition) is 1. The number of rotatable bonds is 1. The van der Waals surface area contributed by atoms with Crippen LogP contribution in [0.4, 0.5) is 0 Å². The lowest BCUT2D eigenvalue weighted by Gasteiger charge is -2.51. The molecule has 0 aliphatic heterocycles. The summed E-state index contributed by atoms with van der Waals surface area (Å²) in [5.41, 5.74) is 2.60. The molecule has 1 spiro atoms. The van der Waals surface area contributed by atoms with Crippen molar-refractivity contribution >= 4 is 5.97 Å². The molecular formula is C15H22O2. The van der Waals surface area contributed by atoms with Crippen LogP contribution in [-0.2, 0) is 4.79 Å². The summed E-state index contributed by atoms with van der Waals surface area (Å²) in [6.45, 7) is 7.10. The van der Waals surface area contributed by atoms with Crippen LogP contribution in [0.2, 0.25) is 0 Å². The molecule has 0 aromatic heterocycles. The highest BCUT2D eigenvalue weighted by molar-refractivity contribution is 5.89. The fraction of sp³-hybridized carbons (Fsp3) is 0.800. The van der Waals surface area contributed by atoms with Gasteiger partial charge in [0.2, 0.25) is 0 Å². The molecule has 2 saturated carbocycles. The molecule has 2 nitrogen and oxygen atoms in total. The maximum absolute atomic E-state index is 11.4. The minimum absolute atomic E-state index is 0.212. The largest absolute Gasteiger partial charge is 0.478 e. The number of aliphatic carboxylic acids is 1. The van der Waals surface area contributed by atoms with E-state index in [9.17, 15) is 9.90 Å². The summed E-state index contributed by atoms with van der Waals surface area (Å²) in [4.78, 5) is 11.4. The monoisotopic (exact) mass is 234 g/mol. The van der Waals surface area contributed by atoms with Crippen LogP contribution in [-0.4, -0.2) is 11.1 Å². The summed E-state index contributed by atoms with van der Waals surface area (Å²) in [5, 5.41) is 9.38. The molecule has 0 aromatic carbocycles. The zero-order valence-electron chi connectivity index (χ0n) is 11.0. The Kier molecular flexibility index (Phi) is 2.10. The van der Waals surface area contributed by atoms with E-state index in [0.717, 1.165) is 24.8 Å². The molecule has 0 saturated heterocycles. The van der Waals surface area contributed by atoms with Gasteiger partial charge in [-0.25, -0.2) is 4.79 Å². The summed E-state index contributed by atoms with van der Waals surface area (Å²) in [6.07, 6.45) is 5.50. The minimum atomic E-state index is -0.660. The van der Waals surface area contributed by atoms with Crippen molar-refractivity contribution in [3.8, 4) is 0 Å². The van der Waals surface area contributed by atoms with E-state index in [1.165, 1.54) is 18.4 Å². The third kappa shape index (κ3) is 1.10. The van der Waals surface area contributed by atoms with Gasteiger partial charge in [-0.1, -0.05) is 26.3 Å². The summed E-state index contributed by atoms with van der Waals surface area (Å²) >= 11 is 0. The van der Waals surface area contributed by atoms with Gasteiger partial charge in [0.25, 0.3) is 0 Å². The molecule has 0 unspecified atom stereocenters. The van der Waals surface area contributed by atoms with Crippen molar-refractivity contribution in [3.05, 3.63) is 11.1 Å². The molecule has 0 aromatic rings. The molecule has 94 valence electrons. The van der Waals surface area contributed by atoms with E-state index < -0.39 is 5.97 Å². The standard InChI is InChI=1S/C15H22O2/c1-9-4-5-10-8-12-11(13(16)17)6-7-15(9,12)14(10,2)3/h9-10H,4-8H2,1-3H3,(H,16,17)/t9-,10-,15+/m1/s1. The van der Waals surface area contributed by atoms with Crippen molar-refractivity contribution in [2.75, 3.05) is 0 Å². The number of carboxylic acid groups (broad SMARTS) is 1. The molecule has 3 rings (SSSR count). The van der Waals surface area contributed by atoms with E-state index in [2.05, 4.69) is 20.8 Å². The van der Waals surface area contributed by atoms with Gasteiger partial charge in [-0.15, -0.1) is 0 Å². The maximum atomic E-state index is 11.4. The van der Waals surface area contributed by atoms with Crippen molar-refractivity contribution in [2.24, 2.45) is 22.7 Å². The van der Waals surface area contributed by atoms with E-state index in [4.69, 9.17) is 0 Å². The highest BCUT2D eigenvalue weighted by Gasteiger charge is 2.64. The zero-order valence-corrected chi connectivity index (χ0v) is 11.0. The third-order valence-electron chi connectivity index (χ3n) is 6.34. The van der Waals surface area contributed by atoms with Crippen LogP contribution in [0.5, 0.6) is 0 Å². The first-order valence-electron chi connectivity index (χ1n) is 6.87. The summed E-state index contributed by atoms with van der Waals surface area (Å²) in [6, 6.07) is 0. The smallest absolute Gasteiger partial charge is 0.331 e. The SMILES string of the molecule is C[C@@H]1CC[C@@H]2CC3=C(C(=O)O)CC[C@@]31C2(C)C. The highest BCUT2D eigenvalue weighted by atomic mass is 16.4. The van der Waals surface area contributed by atoms with E-state index in [-0.39, 0.29) is 5.41 Å². The molecule has 17 heavy (non-hydrogen) atoms. The Morgan fingerprint density at radius 3 is 2.71 bits per heavy atom. The Bertz CT molecular complexity index is 419. The lowest BCUT2D eigenvalue weighted by molar-refractivity contribution is -0.132. The van der Waals surface area contributed by atoms with Gasteiger partial charge >= 0.3 is 5.97 Å². The van der Waals surface area contributed by atoms with Gasteiger partial charge in [-0.2, -0.15) is 0 Å². The Labute approximate surface area is 103 Å². The molecule has 1 N–H and O–H groups in total. The normalized spacial score (nSPS) is 42.8. The van der Waals surface area contributed by atoms with Gasteiger partial charge in [0.05, 0.1) is 0 Å². The lowest BCUT2D eigenvalue weighted by atomic mass is 9.53. The molecular weight excluding hydrogens is 212 g/mol. The zero-order chi connectivity index (χ0) is 12.4.